The molecular weight excluding hydrogens is 272 g/mol. The highest BCUT2D eigenvalue weighted by molar-refractivity contribution is 7.10. The summed E-state index contributed by atoms with van der Waals surface area (Å²) in [6.45, 7) is 2.63. The fourth-order valence-electron chi connectivity index (χ4n) is 1.85. The van der Waals surface area contributed by atoms with E-state index in [4.69, 9.17) is 0 Å². The van der Waals surface area contributed by atoms with Crippen LogP contribution in [0.15, 0.2) is 41.8 Å². The number of hydrogen-bond acceptors (Lipinski definition) is 3. The molecular formula is C15H18N2O2S. The molecule has 1 aromatic carbocycles. The van der Waals surface area contributed by atoms with Crippen LogP contribution < -0.4 is 10.6 Å². The zero-order valence-electron chi connectivity index (χ0n) is 11.3. The third-order valence-electron chi connectivity index (χ3n) is 2.96. The fraction of sp³-hybridized carbons (Fsp3) is 0.267. The van der Waals surface area contributed by atoms with E-state index < -0.39 is 6.10 Å². The maximum absolute atomic E-state index is 11.6. The van der Waals surface area contributed by atoms with Gasteiger partial charge in [-0.2, -0.15) is 0 Å². The Morgan fingerprint density at radius 2 is 2.00 bits per heavy atom. The second-order valence-electron chi connectivity index (χ2n) is 4.53. The third kappa shape index (κ3) is 4.08. The molecule has 1 aromatic heterocycles. The minimum Gasteiger partial charge on any atom is -0.386 e. The van der Waals surface area contributed by atoms with Crippen molar-refractivity contribution in [2.24, 2.45) is 0 Å². The molecule has 3 N–H and O–H groups in total. The van der Waals surface area contributed by atoms with Gasteiger partial charge in [-0.1, -0.05) is 30.3 Å². The first-order valence-electron chi connectivity index (χ1n) is 6.44. The first-order chi connectivity index (χ1) is 9.66. The fourth-order valence-corrected chi connectivity index (χ4v) is 2.76. The molecule has 1 heterocycles. The zero-order chi connectivity index (χ0) is 14.4. The van der Waals surface area contributed by atoms with Crippen LogP contribution in [0.4, 0.5) is 4.79 Å². The molecule has 0 aliphatic heterocycles. The van der Waals surface area contributed by atoms with Gasteiger partial charge < -0.3 is 15.7 Å². The van der Waals surface area contributed by atoms with Crippen LogP contribution in [-0.2, 0) is 6.54 Å². The predicted octanol–water partition coefficient (Wildman–Crippen LogP) is 2.59. The van der Waals surface area contributed by atoms with Crippen molar-refractivity contribution in [3.8, 4) is 0 Å². The topological polar surface area (TPSA) is 61.4 Å². The Hall–Kier alpha value is -1.85. The number of aryl methyl sites for hydroxylation is 1. The van der Waals surface area contributed by atoms with Crippen LogP contribution in [0.2, 0.25) is 0 Å². The quantitative estimate of drug-likeness (QED) is 0.792. The molecule has 2 amide bonds. The molecule has 0 saturated heterocycles. The van der Waals surface area contributed by atoms with Gasteiger partial charge in [-0.15, -0.1) is 11.3 Å². The van der Waals surface area contributed by atoms with Gasteiger partial charge in [0.1, 0.15) is 6.10 Å². The second-order valence-corrected chi connectivity index (χ2v) is 5.48. The van der Waals surface area contributed by atoms with Gasteiger partial charge in [0.25, 0.3) is 0 Å². The number of carbonyl (C=O) groups excluding carboxylic acids is 1. The summed E-state index contributed by atoms with van der Waals surface area (Å²) in [6.07, 6.45) is -0.655. The minimum atomic E-state index is -0.655. The smallest absolute Gasteiger partial charge is 0.315 e. The highest BCUT2D eigenvalue weighted by Gasteiger charge is 2.12. The van der Waals surface area contributed by atoms with Gasteiger partial charge in [0.05, 0.1) is 6.54 Å². The second kappa shape index (κ2) is 7.07. The van der Waals surface area contributed by atoms with Gasteiger partial charge in [0, 0.05) is 11.4 Å². The summed E-state index contributed by atoms with van der Waals surface area (Å²) in [5.41, 5.74) is 2.09. The van der Waals surface area contributed by atoms with Crippen LogP contribution in [0.1, 0.15) is 22.1 Å². The number of rotatable bonds is 5. The van der Waals surface area contributed by atoms with Crippen LogP contribution >= 0.6 is 11.3 Å². The van der Waals surface area contributed by atoms with E-state index in [0.717, 1.165) is 16.0 Å². The van der Waals surface area contributed by atoms with E-state index in [0.29, 0.717) is 6.54 Å². The Bertz CT molecular complexity index is 554. The molecule has 0 aliphatic carbocycles. The van der Waals surface area contributed by atoms with E-state index in [1.165, 1.54) is 11.3 Å². The van der Waals surface area contributed by atoms with Crippen molar-refractivity contribution < 1.29 is 9.90 Å². The van der Waals surface area contributed by atoms with Crippen molar-refractivity contribution in [1.29, 1.82) is 0 Å². The predicted molar refractivity (Wildman–Crippen MR) is 80.7 cm³/mol. The third-order valence-corrected chi connectivity index (χ3v) is 4.08. The molecule has 1 unspecified atom stereocenters. The number of hydrogen-bond donors (Lipinski definition) is 3. The number of aliphatic hydroxyl groups excluding tert-OH is 1. The Morgan fingerprint density at radius 1 is 1.25 bits per heavy atom. The van der Waals surface area contributed by atoms with Gasteiger partial charge in [-0.3, -0.25) is 0 Å². The molecule has 5 heteroatoms. The Morgan fingerprint density at radius 3 is 2.65 bits per heavy atom. The summed E-state index contributed by atoms with van der Waals surface area (Å²) in [5.74, 6) is 0. The van der Waals surface area contributed by atoms with Gasteiger partial charge in [0.15, 0.2) is 0 Å². The van der Waals surface area contributed by atoms with Crippen molar-refractivity contribution in [2.45, 2.75) is 19.6 Å². The Labute approximate surface area is 122 Å². The summed E-state index contributed by atoms with van der Waals surface area (Å²) >= 11 is 1.50. The SMILES string of the molecule is Cc1ccsc1C(O)CNC(=O)NCc1ccccc1. The average molecular weight is 290 g/mol. The average Bonchev–Trinajstić information content (AvgIpc) is 2.90. The zero-order valence-corrected chi connectivity index (χ0v) is 12.1. The molecule has 0 fully saturated rings. The monoisotopic (exact) mass is 290 g/mol. The molecule has 4 nitrogen and oxygen atoms in total. The van der Waals surface area contributed by atoms with Crippen LogP contribution in [0.3, 0.4) is 0 Å². The Balaban J connectivity index is 1.74. The summed E-state index contributed by atoms with van der Waals surface area (Å²) in [5, 5.41) is 17.4. The molecule has 0 radical (unpaired) electrons. The van der Waals surface area contributed by atoms with Crippen molar-refractivity contribution >= 4 is 17.4 Å². The highest BCUT2D eigenvalue weighted by Crippen LogP contribution is 2.22. The maximum Gasteiger partial charge on any atom is 0.315 e. The van der Waals surface area contributed by atoms with Crippen LogP contribution in [0, 0.1) is 6.92 Å². The van der Waals surface area contributed by atoms with Crippen molar-refractivity contribution in [2.75, 3.05) is 6.54 Å². The summed E-state index contributed by atoms with van der Waals surface area (Å²) in [4.78, 5) is 12.5. The number of aliphatic hydroxyl groups is 1. The summed E-state index contributed by atoms with van der Waals surface area (Å²) < 4.78 is 0. The lowest BCUT2D eigenvalue weighted by Crippen LogP contribution is -2.37. The maximum atomic E-state index is 11.6. The molecule has 0 aliphatic rings. The lowest BCUT2D eigenvalue weighted by atomic mass is 10.2. The Kier molecular flexibility index (Phi) is 5.15. The lowest BCUT2D eigenvalue weighted by molar-refractivity contribution is 0.176. The van der Waals surface area contributed by atoms with Gasteiger partial charge in [-0.05, 0) is 29.5 Å². The largest absolute Gasteiger partial charge is 0.386 e. The lowest BCUT2D eigenvalue weighted by Gasteiger charge is -2.12. The van der Waals surface area contributed by atoms with Gasteiger partial charge in [-0.25, -0.2) is 4.79 Å². The number of benzene rings is 1. The molecule has 2 rings (SSSR count). The molecule has 106 valence electrons. The number of carbonyl (C=O) groups is 1. The number of amides is 2. The number of thiophene rings is 1. The molecule has 0 bridgehead atoms. The van der Waals surface area contributed by atoms with E-state index in [1.807, 2.05) is 48.7 Å². The summed E-state index contributed by atoms with van der Waals surface area (Å²) in [6, 6.07) is 11.4. The highest BCUT2D eigenvalue weighted by atomic mass is 32.1. The van der Waals surface area contributed by atoms with Gasteiger partial charge in [0.2, 0.25) is 0 Å². The minimum absolute atomic E-state index is 0.210. The van der Waals surface area contributed by atoms with E-state index in [9.17, 15) is 9.90 Å². The van der Waals surface area contributed by atoms with E-state index in [2.05, 4.69) is 10.6 Å². The van der Waals surface area contributed by atoms with Gasteiger partial charge >= 0.3 is 6.03 Å². The van der Waals surface area contributed by atoms with E-state index in [-0.39, 0.29) is 12.6 Å². The first kappa shape index (κ1) is 14.6. The van der Waals surface area contributed by atoms with Crippen LogP contribution in [0.5, 0.6) is 0 Å². The van der Waals surface area contributed by atoms with Crippen molar-refractivity contribution in [3.05, 3.63) is 57.8 Å². The molecule has 2 aromatic rings. The molecule has 0 spiro atoms. The summed E-state index contributed by atoms with van der Waals surface area (Å²) in [7, 11) is 0. The number of urea groups is 1. The first-order valence-corrected chi connectivity index (χ1v) is 7.32. The van der Waals surface area contributed by atoms with E-state index >= 15 is 0 Å². The number of nitrogens with one attached hydrogen (secondary N) is 2. The van der Waals surface area contributed by atoms with Crippen molar-refractivity contribution in [3.63, 3.8) is 0 Å². The molecule has 1 atom stereocenters. The van der Waals surface area contributed by atoms with Crippen LogP contribution in [0.25, 0.3) is 0 Å². The standard InChI is InChI=1S/C15H18N2O2S/c1-11-7-8-20-14(11)13(18)10-17-15(19)16-9-12-5-3-2-4-6-12/h2-8,13,18H,9-10H2,1H3,(H2,16,17,19). The van der Waals surface area contributed by atoms with Crippen molar-refractivity contribution in [1.82, 2.24) is 10.6 Å². The molecule has 0 saturated carbocycles. The van der Waals surface area contributed by atoms with E-state index in [1.54, 1.807) is 0 Å². The van der Waals surface area contributed by atoms with Crippen LogP contribution in [-0.4, -0.2) is 17.7 Å². The normalized spacial score (nSPS) is 11.9. The molecule has 20 heavy (non-hydrogen) atoms.